The summed E-state index contributed by atoms with van der Waals surface area (Å²) >= 11 is 4.27. The largest absolute Gasteiger partial charge is 0.396 e. The standard InChI is InChI=1S/C29H60OS/c30-28-26-24-22-20-18-16-14-12-10-8-6-4-2-1-3-5-7-9-11-13-15-17-19-21-23-25-27-29-31/h30-31H,1-29H2. The minimum atomic E-state index is 0.373. The van der Waals surface area contributed by atoms with Crippen molar-refractivity contribution in [3.05, 3.63) is 0 Å². The van der Waals surface area contributed by atoms with E-state index in [1.807, 2.05) is 0 Å². The van der Waals surface area contributed by atoms with Gasteiger partial charge in [-0.3, -0.25) is 0 Å². The van der Waals surface area contributed by atoms with Crippen LogP contribution in [0.5, 0.6) is 0 Å². The van der Waals surface area contributed by atoms with E-state index in [4.69, 9.17) is 5.11 Å². The normalized spacial score (nSPS) is 11.4. The second-order valence-corrected chi connectivity index (χ2v) is 10.4. The van der Waals surface area contributed by atoms with Crippen LogP contribution in [-0.4, -0.2) is 17.5 Å². The van der Waals surface area contributed by atoms with Crippen molar-refractivity contribution in [3.63, 3.8) is 0 Å². The number of aliphatic hydroxyl groups excluding tert-OH is 1. The lowest BCUT2D eigenvalue weighted by Crippen LogP contribution is -1.85. The van der Waals surface area contributed by atoms with Gasteiger partial charge in [0.15, 0.2) is 0 Å². The summed E-state index contributed by atoms with van der Waals surface area (Å²) < 4.78 is 0. The first-order valence-electron chi connectivity index (χ1n) is 14.6. The van der Waals surface area contributed by atoms with Crippen molar-refractivity contribution in [1.29, 1.82) is 0 Å². The molecule has 1 nitrogen and oxygen atoms in total. The summed E-state index contributed by atoms with van der Waals surface area (Å²) in [6.45, 7) is 0.373. The molecular weight excluding hydrogens is 396 g/mol. The molecule has 0 aliphatic rings. The minimum Gasteiger partial charge on any atom is -0.396 e. The fourth-order valence-corrected chi connectivity index (χ4v) is 4.87. The van der Waals surface area contributed by atoms with Crippen LogP contribution < -0.4 is 0 Å². The van der Waals surface area contributed by atoms with Crippen LogP contribution in [0.2, 0.25) is 0 Å². The van der Waals surface area contributed by atoms with E-state index in [-0.39, 0.29) is 0 Å². The van der Waals surface area contributed by atoms with Gasteiger partial charge in [-0.05, 0) is 18.6 Å². The van der Waals surface area contributed by atoms with Gasteiger partial charge < -0.3 is 5.11 Å². The molecule has 0 heterocycles. The van der Waals surface area contributed by atoms with Crippen molar-refractivity contribution in [2.75, 3.05) is 12.4 Å². The monoisotopic (exact) mass is 456 g/mol. The third-order valence-corrected chi connectivity index (χ3v) is 7.13. The predicted molar refractivity (Wildman–Crippen MR) is 146 cm³/mol. The summed E-state index contributed by atoms with van der Waals surface area (Å²) in [6.07, 6.45) is 38.3. The Bertz CT molecular complexity index is 266. The molecule has 0 saturated carbocycles. The molecule has 0 amide bonds. The molecule has 0 spiro atoms. The van der Waals surface area contributed by atoms with Gasteiger partial charge in [0, 0.05) is 6.61 Å². The number of thiol groups is 1. The molecule has 0 unspecified atom stereocenters. The molecule has 1 N–H and O–H groups in total. The molecule has 0 aliphatic heterocycles. The second kappa shape index (κ2) is 30.3. The highest BCUT2D eigenvalue weighted by Crippen LogP contribution is 2.16. The Kier molecular flexibility index (Phi) is 30.6. The molecule has 0 aromatic carbocycles. The number of hydrogen-bond acceptors (Lipinski definition) is 2. The highest BCUT2D eigenvalue weighted by atomic mass is 32.1. The maximum absolute atomic E-state index is 8.76. The number of rotatable bonds is 28. The van der Waals surface area contributed by atoms with Gasteiger partial charge in [-0.2, -0.15) is 12.6 Å². The Morgan fingerprint density at radius 2 is 0.419 bits per heavy atom. The maximum atomic E-state index is 8.76. The van der Waals surface area contributed by atoms with Crippen LogP contribution in [0.4, 0.5) is 0 Å². The molecule has 0 rings (SSSR count). The van der Waals surface area contributed by atoms with E-state index >= 15 is 0 Å². The fraction of sp³-hybridized carbons (Fsp3) is 1.00. The Balaban J connectivity index is 2.98. The average molecular weight is 457 g/mol. The smallest absolute Gasteiger partial charge is 0.0431 e. The summed E-state index contributed by atoms with van der Waals surface area (Å²) in [4.78, 5) is 0. The highest BCUT2D eigenvalue weighted by Gasteiger charge is 1.96. The lowest BCUT2D eigenvalue weighted by molar-refractivity contribution is 0.282. The van der Waals surface area contributed by atoms with Crippen molar-refractivity contribution in [2.45, 2.75) is 173 Å². The molecule has 0 atom stereocenters. The van der Waals surface area contributed by atoms with Gasteiger partial charge in [0.05, 0.1) is 0 Å². The van der Waals surface area contributed by atoms with Crippen LogP contribution in [0.25, 0.3) is 0 Å². The van der Waals surface area contributed by atoms with Gasteiger partial charge >= 0.3 is 0 Å². The summed E-state index contributed by atoms with van der Waals surface area (Å²) in [6, 6.07) is 0. The van der Waals surface area contributed by atoms with Crippen LogP contribution in [0.3, 0.4) is 0 Å². The molecule has 2 heteroatoms. The van der Waals surface area contributed by atoms with E-state index < -0.39 is 0 Å². The molecule has 0 aromatic rings. The van der Waals surface area contributed by atoms with Crippen molar-refractivity contribution in [1.82, 2.24) is 0 Å². The first-order chi connectivity index (χ1) is 15.4. The third-order valence-electron chi connectivity index (χ3n) is 6.82. The summed E-state index contributed by atoms with van der Waals surface area (Å²) in [5, 5.41) is 8.76. The van der Waals surface area contributed by atoms with E-state index in [1.165, 1.54) is 167 Å². The molecule has 0 radical (unpaired) electrons. The summed E-state index contributed by atoms with van der Waals surface area (Å²) in [5.74, 6) is 1.06. The van der Waals surface area contributed by atoms with Crippen LogP contribution >= 0.6 is 12.6 Å². The second-order valence-electron chi connectivity index (χ2n) is 9.99. The molecule has 0 aliphatic carbocycles. The number of hydrogen-bond donors (Lipinski definition) is 2. The fourth-order valence-electron chi connectivity index (χ4n) is 4.64. The van der Waals surface area contributed by atoms with Crippen molar-refractivity contribution >= 4 is 12.6 Å². The zero-order valence-corrected chi connectivity index (χ0v) is 22.3. The number of unbranched alkanes of at least 4 members (excludes halogenated alkanes) is 26. The van der Waals surface area contributed by atoms with E-state index in [1.54, 1.807) is 0 Å². The topological polar surface area (TPSA) is 20.2 Å². The van der Waals surface area contributed by atoms with Crippen LogP contribution in [0.15, 0.2) is 0 Å². The quantitative estimate of drug-likeness (QED) is 0.0885. The summed E-state index contributed by atoms with van der Waals surface area (Å²) in [7, 11) is 0. The molecule has 188 valence electrons. The summed E-state index contributed by atoms with van der Waals surface area (Å²) in [5.41, 5.74) is 0. The SMILES string of the molecule is OCCCCCCCCCCCCCCCCCCCCCCCCCCCCCS. The van der Waals surface area contributed by atoms with Crippen molar-refractivity contribution in [3.8, 4) is 0 Å². The first kappa shape index (κ1) is 31.3. The molecule has 0 aromatic heterocycles. The Morgan fingerprint density at radius 3 is 0.581 bits per heavy atom. The Labute approximate surface area is 203 Å². The molecule has 0 saturated heterocycles. The van der Waals surface area contributed by atoms with Crippen LogP contribution in [-0.2, 0) is 0 Å². The lowest BCUT2D eigenvalue weighted by atomic mass is 10.0. The van der Waals surface area contributed by atoms with E-state index in [9.17, 15) is 0 Å². The molecule has 31 heavy (non-hydrogen) atoms. The highest BCUT2D eigenvalue weighted by molar-refractivity contribution is 7.80. The van der Waals surface area contributed by atoms with Crippen LogP contribution in [0.1, 0.15) is 173 Å². The van der Waals surface area contributed by atoms with Crippen molar-refractivity contribution in [2.24, 2.45) is 0 Å². The average Bonchev–Trinajstić information content (AvgIpc) is 2.78. The molecule has 0 bridgehead atoms. The van der Waals surface area contributed by atoms with E-state index in [0.717, 1.165) is 12.2 Å². The Morgan fingerprint density at radius 1 is 0.258 bits per heavy atom. The van der Waals surface area contributed by atoms with Gasteiger partial charge in [-0.1, -0.05) is 161 Å². The third kappa shape index (κ3) is 30.3. The van der Waals surface area contributed by atoms with Gasteiger partial charge in [0.2, 0.25) is 0 Å². The maximum Gasteiger partial charge on any atom is 0.0431 e. The Hall–Kier alpha value is 0.310. The zero-order valence-electron chi connectivity index (χ0n) is 21.4. The lowest BCUT2D eigenvalue weighted by Gasteiger charge is -2.04. The van der Waals surface area contributed by atoms with Gasteiger partial charge in [0.25, 0.3) is 0 Å². The van der Waals surface area contributed by atoms with E-state index in [2.05, 4.69) is 12.6 Å². The van der Waals surface area contributed by atoms with Crippen molar-refractivity contribution < 1.29 is 5.11 Å². The van der Waals surface area contributed by atoms with Crippen LogP contribution in [0, 0.1) is 0 Å². The molecular formula is C29H60OS. The first-order valence-corrected chi connectivity index (χ1v) is 15.3. The number of aliphatic hydroxyl groups is 1. The van der Waals surface area contributed by atoms with Gasteiger partial charge in [-0.25, -0.2) is 0 Å². The van der Waals surface area contributed by atoms with Gasteiger partial charge in [-0.15, -0.1) is 0 Å². The van der Waals surface area contributed by atoms with Gasteiger partial charge in [0.1, 0.15) is 0 Å². The minimum absolute atomic E-state index is 0.373. The zero-order chi connectivity index (χ0) is 22.5. The van der Waals surface area contributed by atoms with E-state index in [0.29, 0.717) is 6.61 Å². The predicted octanol–water partition coefficient (Wildman–Crippen LogP) is 10.4. The molecule has 0 fully saturated rings.